The van der Waals surface area contributed by atoms with E-state index in [-0.39, 0.29) is 5.41 Å². The van der Waals surface area contributed by atoms with Crippen molar-refractivity contribution in [3.8, 4) is 0 Å². The van der Waals surface area contributed by atoms with Crippen molar-refractivity contribution in [3.05, 3.63) is 45.0 Å². The minimum atomic E-state index is 0.226. The van der Waals surface area contributed by atoms with Crippen LogP contribution >= 0.6 is 23.2 Å². The van der Waals surface area contributed by atoms with E-state index in [0.29, 0.717) is 5.02 Å². The van der Waals surface area contributed by atoms with Crippen LogP contribution < -0.4 is 0 Å². The van der Waals surface area contributed by atoms with Crippen molar-refractivity contribution >= 4 is 34.9 Å². The molecule has 0 saturated heterocycles. The molecule has 0 atom stereocenters. The molecule has 0 nitrogen and oxygen atoms in total. The van der Waals surface area contributed by atoms with Crippen LogP contribution in [-0.2, 0) is 0 Å². The van der Waals surface area contributed by atoms with Crippen LogP contribution in [0.4, 0.5) is 0 Å². The Labute approximate surface area is 106 Å². The quantitative estimate of drug-likeness (QED) is 0.594. The van der Waals surface area contributed by atoms with E-state index in [0.717, 1.165) is 17.0 Å². The molecule has 1 aromatic rings. The largest absolute Gasteiger partial charge is 0.0843 e. The number of allylic oxidation sites excluding steroid dienone is 3. The van der Waals surface area contributed by atoms with E-state index < -0.39 is 0 Å². The zero-order chi connectivity index (χ0) is 11.5. The Balaban J connectivity index is 2.26. The third kappa shape index (κ3) is 1.30. The van der Waals surface area contributed by atoms with Crippen LogP contribution in [0.15, 0.2) is 23.8 Å². The predicted octanol–water partition coefficient (Wildman–Crippen LogP) is 5.20. The topological polar surface area (TPSA) is 0 Å². The lowest BCUT2D eigenvalue weighted by atomic mass is 9.85. The number of hydrogen-bond donors (Lipinski definition) is 0. The molecule has 0 spiro atoms. The van der Waals surface area contributed by atoms with Gasteiger partial charge in [-0.2, -0.15) is 0 Å². The lowest BCUT2D eigenvalue weighted by molar-refractivity contribution is 0.488. The molecule has 0 bridgehead atoms. The van der Waals surface area contributed by atoms with Gasteiger partial charge in [0.15, 0.2) is 0 Å². The summed E-state index contributed by atoms with van der Waals surface area (Å²) < 4.78 is 0. The summed E-state index contributed by atoms with van der Waals surface area (Å²) in [5.74, 6) is 0. The maximum absolute atomic E-state index is 6.22. The van der Waals surface area contributed by atoms with Gasteiger partial charge in [-0.15, -0.1) is 0 Å². The van der Waals surface area contributed by atoms with Crippen LogP contribution in [0, 0.1) is 5.41 Å². The van der Waals surface area contributed by atoms with Gasteiger partial charge in [0.2, 0.25) is 0 Å². The Morgan fingerprint density at radius 1 is 1.19 bits per heavy atom. The molecule has 1 aromatic carbocycles. The molecule has 0 N–H and O–H groups in total. The van der Waals surface area contributed by atoms with E-state index in [9.17, 15) is 0 Å². The van der Waals surface area contributed by atoms with Crippen LogP contribution in [0.25, 0.3) is 11.6 Å². The first-order valence-corrected chi connectivity index (χ1v) is 6.17. The van der Waals surface area contributed by atoms with Crippen molar-refractivity contribution in [2.75, 3.05) is 0 Å². The van der Waals surface area contributed by atoms with Crippen LogP contribution in [0.5, 0.6) is 0 Å². The Kier molecular flexibility index (Phi) is 2.05. The van der Waals surface area contributed by atoms with Crippen LogP contribution in [0.2, 0.25) is 10.0 Å². The molecule has 0 radical (unpaired) electrons. The lowest BCUT2D eigenvalue weighted by Gasteiger charge is -2.19. The van der Waals surface area contributed by atoms with Crippen molar-refractivity contribution in [2.24, 2.45) is 5.41 Å². The van der Waals surface area contributed by atoms with Gasteiger partial charge in [0, 0.05) is 15.6 Å². The zero-order valence-electron chi connectivity index (χ0n) is 9.27. The summed E-state index contributed by atoms with van der Waals surface area (Å²) in [6.45, 7) is 4.54. The third-order valence-electron chi connectivity index (χ3n) is 3.51. The molecule has 0 heterocycles. The van der Waals surface area contributed by atoms with Crippen molar-refractivity contribution in [2.45, 2.75) is 20.3 Å². The second-order valence-electron chi connectivity index (χ2n) is 5.11. The second-order valence-corrected chi connectivity index (χ2v) is 5.96. The lowest BCUT2D eigenvalue weighted by Crippen LogP contribution is -2.07. The molecule has 2 aliphatic rings. The fourth-order valence-electron chi connectivity index (χ4n) is 2.57. The molecule has 0 saturated carbocycles. The molecule has 16 heavy (non-hydrogen) atoms. The summed E-state index contributed by atoms with van der Waals surface area (Å²) in [5, 5.41) is 1.46. The molecule has 2 heteroatoms. The number of hydrogen-bond acceptors (Lipinski definition) is 0. The third-order valence-corrected chi connectivity index (χ3v) is 4.04. The van der Waals surface area contributed by atoms with E-state index in [2.05, 4.69) is 26.0 Å². The average molecular weight is 251 g/mol. The number of rotatable bonds is 0. The van der Waals surface area contributed by atoms with E-state index in [1.807, 2.05) is 12.1 Å². The second kappa shape index (κ2) is 3.15. The number of halogens is 2. The van der Waals surface area contributed by atoms with Gasteiger partial charge in [-0.1, -0.05) is 43.1 Å². The summed E-state index contributed by atoms with van der Waals surface area (Å²) in [4.78, 5) is 0. The fraction of sp³-hybridized carbons (Fsp3) is 0.286. The number of benzene rings is 1. The van der Waals surface area contributed by atoms with E-state index >= 15 is 0 Å². The Morgan fingerprint density at radius 2 is 1.94 bits per heavy atom. The van der Waals surface area contributed by atoms with Crippen LogP contribution in [0.3, 0.4) is 0 Å². The van der Waals surface area contributed by atoms with Crippen LogP contribution in [-0.4, -0.2) is 0 Å². The van der Waals surface area contributed by atoms with Crippen molar-refractivity contribution < 1.29 is 0 Å². The molecule has 0 fully saturated rings. The zero-order valence-corrected chi connectivity index (χ0v) is 10.8. The molecule has 82 valence electrons. The average Bonchev–Trinajstić information content (AvgIpc) is 2.66. The van der Waals surface area contributed by atoms with Gasteiger partial charge in [0.05, 0.1) is 0 Å². The Hall–Kier alpha value is -0.720. The minimum Gasteiger partial charge on any atom is -0.0843 e. The minimum absolute atomic E-state index is 0.226. The van der Waals surface area contributed by atoms with Gasteiger partial charge in [-0.3, -0.25) is 0 Å². The van der Waals surface area contributed by atoms with Gasteiger partial charge < -0.3 is 0 Å². The van der Waals surface area contributed by atoms with Crippen LogP contribution in [0.1, 0.15) is 31.4 Å². The Bertz CT molecular complexity index is 548. The monoisotopic (exact) mass is 250 g/mol. The summed E-state index contributed by atoms with van der Waals surface area (Å²) in [6.07, 6.45) is 5.61. The van der Waals surface area contributed by atoms with E-state index in [1.165, 1.54) is 16.7 Å². The van der Waals surface area contributed by atoms with Gasteiger partial charge in [0.25, 0.3) is 0 Å². The predicted molar refractivity (Wildman–Crippen MR) is 70.8 cm³/mol. The first-order valence-electron chi connectivity index (χ1n) is 5.41. The highest BCUT2D eigenvalue weighted by molar-refractivity contribution is 6.36. The Morgan fingerprint density at radius 3 is 2.69 bits per heavy atom. The summed E-state index contributed by atoms with van der Waals surface area (Å²) in [6, 6.07) is 3.83. The first-order chi connectivity index (χ1) is 7.49. The highest BCUT2D eigenvalue weighted by Gasteiger charge is 2.35. The summed E-state index contributed by atoms with van der Waals surface area (Å²) >= 11 is 12.3. The van der Waals surface area contributed by atoms with Crippen molar-refractivity contribution in [1.29, 1.82) is 0 Å². The van der Waals surface area contributed by atoms with Gasteiger partial charge >= 0.3 is 0 Å². The van der Waals surface area contributed by atoms with Crippen molar-refractivity contribution in [1.82, 2.24) is 0 Å². The summed E-state index contributed by atoms with van der Waals surface area (Å²) in [5.41, 5.74) is 5.26. The fourth-order valence-corrected chi connectivity index (χ4v) is 3.12. The molecular weight excluding hydrogens is 239 g/mol. The normalized spacial score (nSPS) is 20.2. The highest BCUT2D eigenvalue weighted by Crippen LogP contribution is 2.53. The number of fused-ring (bicyclic) bond motifs is 3. The SMILES string of the molecule is CC1(C)CC=C2C1=Cc1c(Cl)cc(Cl)cc12. The molecule has 0 aliphatic heterocycles. The summed E-state index contributed by atoms with van der Waals surface area (Å²) in [7, 11) is 0. The standard InChI is InChI=1S/C14H12Cl2/c1-14(2)4-3-9-10-5-8(15)6-13(16)11(10)7-12(9)14/h3,5-7H,4H2,1-2H3. The molecular formula is C14H12Cl2. The molecule has 2 aliphatic carbocycles. The van der Waals surface area contributed by atoms with Gasteiger partial charge in [-0.25, -0.2) is 0 Å². The maximum atomic E-state index is 6.22. The molecule has 0 aromatic heterocycles. The van der Waals surface area contributed by atoms with E-state index in [1.54, 1.807) is 0 Å². The first kappa shape index (κ1) is 10.4. The molecule has 0 amide bonds. The van der Waals surface area contributed by atoms with Crippen molar-refractivity contribution in [3.63, 3.8) is 0 Å². The van der Waals surface area contributed by atoms with Gasteiger partial charge in [0.1, 0.15) is 0 Å². The highest BCUT2D eigenvalue weighted by atomic mass is 35.5. The van der Waals surface area contributed by atoms with E-state index in [4.69, 9.17) is 23.2 Å². The van der Waals surface area contributed by atoms with Gasteiger partial charge in [-0.05, 0) is 46.8 Å². The smallest absolute Gasteiger partial charge is 0.0499 e. The maximum Gasteiger partial charge on any atom is 0.0499 e. The molecule has 3 rings (SSSR count). The molecule has 0 unspecified atom stereocenters.